The maximum absolute atomic E-state index is 10.8. The molecule has 1 aromatic heterocycles. The molecule has 0 radical (unpaired) electrons. The van der Waals surface area contributed by atoms with Crippen molar-refractivity contribution in [3.05, 3.63) is 23.7 Å². The van der Waals surface area contributed by atoms with Crippen molar-refractivity contribution in [2.45, 2.75) is 44.7 Å². The summed E-state index contributed by atoms with van der Waals surface area (Å²) >= 11 is 0. The minimum absolute atomic E-state index is 0.254. The van der Waals surface area contributed by atoms with E-state index in [1.807, 2.05) is 0 Å². The Morgan fingerprint density at radius 2 is 2.22 bits per heavy atom. The van der Waals surface area contributed by atoms with E-state index in [9.17, 15) is 4.79 Å². The molecular weight excluding hydrogens is 230 g/mol. The van der Waals surface area contributed by atoms with Gasteiger partial charge in [0.15, 0.2) is 0 Å². The zero-order chi connectivity index (χ0) is 12.5. The fourth-order valence-corrected chi connectivity index (χ4v) is 3.48. The zero-order valence-corrected chi connectivity index (χ0v) is 10.5. The highest BCUT2D eigenvalue weighted by atomic mass is 16.4. The van der Waals surface area contributed by atoms with Gasteiger partial charge in [0.05, 0.1) is 12.1 Å². The monoisotopic (exact) mass is 249 g/mol. The van der Waals surface area contributed by atoms with Crippen LogP contribution in [0.2, 0.25) is 0 Å². The molecule has 0 amide bonds. The lowest BCUT2D eigenvalue weighted by atomic mass is 9.85. The molecule has 1 aromatic rings. The van der Waals surface area contributed by atoms with Crippen LogP contribution in [0.15, 0.2) is 16.7 Å². The van der Waals surface area contributed by atoms with Gasteiger partial charge in [-0.05, 0) is 37.8 Å². The Labute approximate surface area is 107 Å². The minimum Gasteiger partial charge on any atom is -0.478 e. The molecule has 1 saturated heterocycles. The summed E-state index contributed by atoms with van der Waals surface area (Å²) in [4.78, 5) is 13.3. The van der Waals surface area contributed by atoms with Crippen molar-refractivity contribution >= 4 is 5.97 Å². The van der Waals surface area contributed by atoms with Crippen LogP contribution in [0.1, 0.15) is 48.2 Å². The number of nitrogens with zero attached hydrogens (tertiary/aromatic N) is 1. The lowest BCUT2D eigenvalue weighted by molar-refractivity contribution is 0.0696. The normalized spacial score (nSPS) is 28.2. The van der Waals surface area contributed by atoms with Crippen LogP contribution in [0, 0.1) is 5.92 Å². The topological polar surface area (TPSA) is 53.7 Å². The summed E-state index contributed by atoms with van der Waals surface area (Å²) in [7, 11) is 0. The van der Waals surface area contributed by atoms with Crippen LogP contribution >= 0.6 is 0 Å². The average molecular weight is 249 g/mol. The zero-order valence-electron chi connectivity index (χ0n) is 10.5. The number of aromatic carboxylic acids is 1. The Kier molecular flexibility index (Phi) is 3.12. The van der Waals surface area contributed by atoms with E-state index in [0.717, 1.165) is 24.8 Å². The van der Waals surface area contributed by atoms with E-state index in [1.54, 1.807) is 6.07 Å². The molecule has 2 atom stereocenters. The van der Waals surface area contributed by atoms with Crippen LogP contribution in [0.5, 0.6) is 0 Å². The SMILES string of the molecule is O=C(O)c1coc(CN2CCC3CCCCC32)c1. The highest BCUT2D eigenvalue weighted by molar-refractivity contribution is 5.87. The van der Waals surface area contributed by atoms with Crippen molar-refractivity contribution in [2.24, 2.45) is 5.92 Å². The second kappa shape index (κ2) is 4.76. The Morgan fingerprint density at radius 1 is 1.39 bits per heavy atom. The largest absolute Gasteiger partial charge is 0.478 e. The molecule has 4 nitrogen and oxygen atoms in total. The van der Waals surface area contributed by atoms with Gasteiger partial charge in [0, 0.05) is 6.04 Å². The number of hydrogen-bond donors (Lipinski definition) is 1. The molecule has 1 aliphatic carbocycles. The Hall–Kier alpha value is -1.29. The van der Waals surface area contributed by atoms with Crippen molar-refractivity contribution in [1.29, 1.82) is 0 Å². The Morgan fingerprint density at radius 3 is 3.00 bits per heavy atom. The summed E-state index contributed by atoms with van der Waals surface area (Å²) in [5, 5.41) is 8.87. The van der Waals surface area contributed by atoms with Crippen LogP contribution in [-0.2, 0) is 6.54 Å². The third-order valence-corrected chi connectivity index (χ3v) is 4.38. The van der Waals surface area contributed by atoms with E-state index in [-0.39, 0.29) is 5.56 Å². The number of hydrogen-bond acceptors (Lipinski definition) is 3. The molecule has 2 heterocycles. The van der Waals surface area contributed by atoms with Crippen molar-refractivity contribution < 1.29 is 14.3 Å². The first-order valence-electron chi connectivity index (χ1n) is 6.79. The van der Waals surface area contributed by atoms with Crippen molar-refractivity contribution in [3.63, 3.8) is 0 Å². The van der Waals surface area contributed by atoms with Crippen LogP contribution < -0.4 is 0 Å². The first kappa shape index (κ1) is 11.8. The summed E-state index contributed by atoms with van der Waals surface area (Å²) in [6, 6.07) is 2.34. The predicted octanol–water partition coefficient (Wildman–Crippen LogP) is 2.74. The lowest BCUT2D eigenvalue weighted by Gasteiger charge is -2.31. The van der Waals surface area contributed by atoms with E-state index in [1.165, 1.54) is 38.4 Å². The highest BCUT2D eigenvalue weighted by Gasteiger charge is 2.35. The number of furan rings is 1. The van der Waals surface area contributed by atoms with Gasteiger partial charge < -0.3 is 9.52 Å². The molecule has 1 N–H and O–H groups in total. The first-order valence-corrected chi connectivity index (χ1v) is 6.79. The van der Waals surface area contributed by atoms with Crippen molar-refractivity contribution in [1.82, 2.24) is 4.90 Å². The minimum atomic E-state index is -0.915. The maximum atomic E-state index is 10.8. The quantitative estimate of drug-likeness (QED) is 0.895. The van der Waals surface area contributed by atoms with Gasteiger partial charge in [0.25, 0.3) is 0 Å². The highest BCUT2D eigenvalue weighted by Crippen LogP contribution is 2.36. The number of carboxylic acids is 1. The number of likely N-dealkylation sites (tertiary alicyclic amines) is 1. The summed E-state index contributed by atoms with van der Waals surface area (Å²) in [6.07, 6.45) is 7.98. The van der Waals surface area contributed by atoms with E-state index >= 15 is 0 Å². The predicted molar refractivity (Wildman–Crippen MR) is 66.4 cm³/mol. The molecule has 0 spiro atoms. The molecule has 2 aliphatic rings. The van der Waals surface area contributed by atoms with Gasteiger partial charge in [-0.3, -0.25) is 4.90 Å². The summed E-state index contributed by atoms with van der Waals surface area (Å²) in [5.41, 5.74) is 0.254. The van der Waals surface area contributed by atoms with Gasteiger partial charge in [-0.15, -0.1) is 0 Å². The smallest absolute Gasteiger partial charge is 0.338 e. The van der Waals surface area contributed by atoms with E-state index in [4.69, 9.17) is 9.52 Å². The average Bonchev–Trinajstić information content (AvgIpc) is 2.98. The second-order valence-electron chi connectivity index (χ2n) is 5.48. The molecule has 0 bridgehead atoms. The van der Waals surface area contributed by atoms with E-state index in [0.29, 0.717) is 6.04 Å². The van der Waals surface area contributed by atoms with Crippen LogP contribution in [0.25, 0.3) is 0 Å². The number of fused-ring (bicyclic) bond motifs is 1. The lowest BCUT2D eigenvalue weighted by Crippen LogP contribution is -2.34. The molecule has 98 valence electrons. The van der Waals surface area contributed by atoms with Gasteiger partial charge in [0.1, 0.15) is 12.0 Å². The third kappa shape index (κ3) is 2.17. The van der Waals surface area contributed by atoms with E-state index in [2.05, 4.69) is 4.90 Å². The standard InChI is InChI=1S/C14H19NO3/c16-14(17)11-7-12(18-9-11)8-15-6-5-10-3-1-2-4-13(10)15/h7,9-10,13H,1-6,8H2,(H,16,17). The van der Waals surface area contributed by atoms with Crippen LogP contribution in [0.4, 0.5) is 0 Å². The maximum Gasteiger partial charge on any atom is 0.338 e. The van der Waals surface area contributed by atoms with Crippen molar-refractivity contribution in [2.75, 3.05) is 6.54 Å². The molecule has 18 heavy (non-hydrogen) atoms. The molecule has 3 rings (SSSR count). The molecule has 4 heteroatoms. The van der Waals surface area contributed by atoms with Crippen LogP contribution in [0.3, 0.4) is 0 Å². The van der Waals surface area contributed by atoms with Crippen LogP contribution in [-0.4, -0.2) is 28.6 Å². The third-order valence-electron chi connectivity index (χ3n) is 4.38. The number of rotatable bonds is 3. The second-order valence-corrected chi connectivity index (χ2v) is 5.48. The molecular formula is C14H19NO3. The van der Waals surface area contributed by atoms with Gasteiger partial charge in [-0.1, -0.05) is 12.8 Å². The first-order chi connectivity index (χ1) is 8.74. The fraction of sp³-hybridized carbons (Fsp3) is 0.643. The molecule has 1 saturated carbocycles. The Bertz CT molecular complexity index is 440. The summed E-state index contributed by atoms with van der Waals surface area (Å²) in [5.74, 6) is 0.716. The molecule has 0 aromatic carbocycles. The fourth-order valence-electron chi connectivity index (χ4n) is 3.48. The molecule has 1 aliphatic heterocycles. The number of carboxylic acid groups (broad SMARTS) is 1. The summed E-state index contributed by atoms with van der Waals surface area (Å²) < 4.78 is 5.35. The van der Waals surface area contributed by atoms with Gasteiger partial charge >= 0.3 is 5.97 Å². The molecule has 2 unspecified atom stereocenters. The molecule has 2 fully saturated rings. The van der Waals surface area contributed by atoms with Crippen molar-refractivity contribution in [3.8, 4) is 0 Å². The van der Waals surface area contributed by atoms with Gasteiger partial charge in [-0.2, -0.15) is 0 Å². The van der Waals surface area contributed by atoms with E-state index < -0.39 is 5.97 Å². The Balaban J connectivity index is 1.66. The number of carbonyl (C=O) groups is 1. The van der Waals surface area contributed by atoms with Gasteiger partial charge in [-0.25, -0.2) is 4.79 Å². The van der Waals surface area contributed by atoms with Gasteiger partial charge in [0.2, 0.25) is 0 Å². The summed E-state index contributed by atoms with van der Waals surface area (Å²) in [6.45, 7) is 1.88.